The van der Waals surface area contributed by atoms with Gasteiger partial charge >= 0.3 is 0 Å². The van der Waals surface area contributed by atoms with Crippen molar-refractivity contribution in [3.8, 4) is 0 Å². The third kappa shape index (κ3) is 4.30. The van der Waals surface area contributed by atoms with Gasteiger partial charge in [0.1, 0.15) is 0 Å². The summed E-state index contributed by atoms with van der Waals surface area (Å²) in [6, 6.07) is 16.5. The smallest absolute Gasteiger partial charge is 0.243 e. The number of amides is 2. The van der Waals surface area contributed by atoms with Crippen molar-refractivity contribution >= 4 is 17.5 Å². The summed E-state index contributed by atoms with van der Waals surface area (Å²) in [6.45, 7) is 5.57. The number of rotatable bonds is 5. The first kappa shape index (κ1) is 20.3. The third-order valence-corrected chi connectivity index (χ3v) is 6.24. The van der Waals surface area contributed by atoms with Gasteiger partial charge in [0.2, 0.25) is 11.8 Å². The van der Waals surface area contributed by atoms with Crippen molar-refractivity contribution in [2.45, 2.75) is 52.0 Å². The largest absolute Gasteiger partial charge is 0.336 e. The number of benzene rings is 2. The zero-order valence-corrected chi connectivity index (χ0v) is 17.8. The molecule has 0 aromatic heterocycles. The highest BCUT2D eigenvalue weighted by atomic mass is 16.2. The van der Waals surface area contributed by atoms with Crippen LogP contribution in [0.15, 0.2) is 53.6 Å². The van der Waals surface area contributed by atoms with E-state index in [-0.39, 0.29) is 30.7 Å². The average molecular weight is 404 g/mol. The van der Waals surface area contributed by atoms with Gasteiger partial charge in [0.05, 0.1) is 18.3 Å². The lowest BCUT2D eigenvalue weighted by Crippen LogP contribution is -2.32. The van der Waals surface area contributed by atoms with Gasteiger partial charge in [-0.2, -0.15) is 5.10 Å². The van der Waals surface area contributed by atoms with Crippen LogP contribution in [0.2, 0.25) is 0 Å². The number of hydrazone groups is 1. The van der Waals surface area contributed by atoms with Gasteiger partial charge in [-0.15, -0.1) is 0 Å². The lowest BCUT2D eigenvalue weighted by atomic mass is 9.99. The summed E-state index contributed by atoms with van der Waals surface area (Å²) in [4.78, 5) is 27.5. The minimum absolute atomic E-state index is 0.0653. The summed E-state index contributed by atoms with van der Waals surface area (Å²) in [5.41, 5.74) is 5.71. The molecule has 4 rings (SSSR count). The molecule has 0 saturated carbocycles. The number of likely N-dealkylation sites (tertiary alicyclic amines) is 1. The average Bonchev–Trinajstić information content (AvgIpc) is 3.44. The second-order valence-electron chi connectivity index (χ2n) is 8.27. The summed E-state index contributed by atoms with van der Waals surface area (Å²) in [6.07, 6.45) is 3.20. The van der Waals surface area contributed by atoms with Crippen molar-refractivity contribution in [1.82, 2.24) is 9.91 Å². The molecule has 30 heavy (non-hydrogen) atoms. The van der Waals surface area contributed by atoms with Crippen molar-refractivity contribution in [2.75, 3.05) is 13.1 Å². The van der Waals surface area contributed by atoms with Gasteiger partial charge in [-0.25, -0.2) is 5.01 Å². The molecule has 156 valence electrons. The lowest BCUT2D eigenvalue weighted by molar-refractivity contribution is -0.137. The van der Waals surface area contributed by atoms with E-state index in [1.807, 2.05) is 35.2 Å². The first-order chi connectivity index (χ1) is 14.5. The maximum absolute atomic E-state index is 12.9. The second-order valence-corrected chi connectivity index (χ2v) is 8.27. The summed E-state index contributed by atoms with van der Waals surface area (Å²) >= 11 is 0. The molecule has 2 aromatic carbocycles. The number of carbonyl (C=O) groups excluding carboxylic acids is 2. The fraction of sp³-hybridized carbons (Fsp3) is 0.400. The first-order valence-corrected chi connectivity index (χ1v) is 10.8. The number of carbonyl (C=O) groups is 2. The van der Waals surface area contributed by atoms with Gasteiger partial charge in [0.25, 0.3) is 0 Å². The van der Waals surface area contributed by atoms with E-state index >= 15 is 0 Å². The van der Waals surface area contributed by atoms with Crippen LogP contribution in [0, 0.1) is 13.8 Å². The Hall–Kier alpha value is -2.95. The number of hydrogen-bond acceptors (Lipinski definition) is 3. The van der Waals surface area contributed by atoms with Crippen LogP contribution < -0.4 is 0 Å². The standard InChI is InChI=1S/C25H29N3O2/c1-18-10-11-21(17-19(18)2)23-9-6-15-27(23)24(29)12-13-25(30)28-16-14-22(26-28)20-7-4-3-5-8-20/h3-5,7-8,10-11,17,23H,6,9,12-16H2,1-2H3. The molecule has 2 aliphatic rings. The summed E-state index contributed by atoms with van der Waals surface area (Å²) in [5, 5.41) is 6.02. The molecular formula is C25H29N3O2. The van der Waals surface area contributed by atoms with Crippen LogP contribution in [0.4, 0.5) is 0 Å². The van der Waals surface area contributed by atoms with Crippen molar-refractivity contribution in [1.29, 1.82) is 0 Å². The van der Waals surface area contributed by atoms with Gasteiger partial charge < -0.3 is 4.90 Å². The Balaban J connectivity index is 1.35. The fourth-order valence-electron chi connectivity index (χ4n) is 4.34. The van der Waals surface area contributed by atoms with E-state index in [1.54, 1.807) is 0 Å². The highest BCUT2D eigenvalue weighted by Gasteiger charge is 2.31. The minimum Gasteiger partial charge on any atom is -0.336 e. The maximum atomic E-state index is 12.9. The normalized spacial score (nSPS) is 18.6. The van der Waals surface area contributed by atoms with E-state index in [9.17, 15) is 9.59 Å². The molecule has 0 radical (unpaired) electrons. The Morgan fingerprint density at radius 1 is 0.967 bits per heavy atom. The quantitative estimate of drug-likeness (QED) is 0.744. The third-order valence-electron chi connectivity index (χ3n) is 6.24. The molecule has 1 saturated heterocycles. The molecule has 5 nitrogen and oxygen atoms in total. The molecule has 0 bridgehead atoms. The fourth-order valence-corrected chi connectivity index (χ4v) is 4.34. The Morgan fingerprint density at radius 2 is 1.73 bits per heavy atom. The molecule has 0 N–H and O–H groups in total. The van der Waals surface area contributed by atoms with Gasteiger partial charge in [-0.05, 0) is 48.9 Å². The highest BCUT2D eigenvalue weighted by Crippen LogP contribution is 2.33. The Morgan fingerprint density at radius 3 is 2.50 bits per heavy atom. The summed E-state index contributed by atoms with van der Waals surface area (Å²) in [7, 11) is 0. The number of nitrogens with zero attached hydrogens (tertiary/aromatic N) is 3. The lowest BCUT2D eigenvalue weighted by Gasteiger charge is -2.26. The molecule has 2 aromatic rings. The zero-order chi connectivity index (χ0) is 21.1. The predicted octanol–water partition coefficient (Wildman–Crippen LogP) is 4.38. The molecule has 5 heteroatoms. The Bertz CT molecular complexity index is 968. The van der Waals surface area contributed by atoms with Crippen molar-refractivity contribution in [3.05, 3.63) is 70.8 Å². The number of hydrogen-bond donors (Lipinski definition) is 0. The van der Waals surface area contributed by atoms with Gasteiger partial charge in [0, 0.05) is 25.8 Å². The van der Waals surface area contributed by atoms with Gasteiger partial charge in [-0.3, -0.25) is 9.59 Å². The van der Waals surface area contributed by atoms with Crippen LogP contribution in [0.3, 0.4) is 0 Å². The molecule has 1 fully saturated rings. The van der Waals surface area contributed by atoms with E-state index in [0.29, 0.717) is 6.54 Å². The topological polar surface area (TPSA) is 53.0 Å². The Labute approximate surface area is 178 Å². The van der Waals surface area contributed by atoms with Crippen LogP contribution in [0.5, 0.6) is 0 Å². The minimum atomic E-state index is -0.0730. The monoisotopic (exact) mass is 403 g/mol. The van der Waals surface area contributed by atoms with E-state index in [1.165, 1.54) is 21.7 Å². The van der Waals surface area contributed by atoms with E-state index in [2.05, 4.69) is 37.1 Å². The highest BCUT2D eigenvalue weighted by molar-refractivity contribution is 6.02. The second kappa shape index (κ2) is 8.82. The van der Waals surface area contributed by atoms with Gasteiger partial charge in [-0.1, -0.05) is 48.5 Å². The predicted molar refractivity (Wildman–Crippen MR) is 118 cm³/mol. The van der Waals surface area contributed by atoms with Crippen molar-refractivity contribution in [2.24, 2.45) is 5.10 Å². The number of aryl methyl sites for hydroxylation is 2. The van der Waals surface area contributed by atoms with Crippen molar-refractivity contribution in [3.63, 3.8) is 0 Å². The molecule has 2 amide bonds. The molecule has 2 aliphatic heterocycles. The summed E-state index contributed by atoms with van der Waals surface area (Å²) < 4.78 is 0. The maximum Gasteiger partial charge on any atom is 0.243 e. The molecule has 0 aliphatic carbocycles. The first-order valence-electron chi connectivity index (χ1n) is 10.8. The molecule has 1 atom stereocenters. The van der Waals surface area contributed by atoms with Crippen molar-refractivity contribution < 1.29 is 9.59 Å². The molecule has 1 unspecified atom stereocenters. The SMILES string of the molecule is Cc1ccc(C2CCCN2C(=O)CCC(=O)N2CCC(c3ccccc3)=N2)cc1C. The van der Waals surface area contributed by atoms with E-state index in [4.69, 9.17) is 0 Å². The summed E-state index contributed by atoms with van der Waals surface area (Å²) in [5.74, 6) is -0.00764. The van der Waals surface area contributed by atoms with E-state index in [0.717, 1.165) is 37.1 Å². The van der Waals surface area contributed by atoms with Crippen LogP contribution in [-0.2, 0) is 9.59 Å². The molecule has 2 heterocycles. The van der Waals surface area contributed by atoms with Gasteiger partial charge in [0.15, 0.2) is 0 Å². The Kier molecular flexibility index (Phi) is 5.98. The van der Waals surface area contributed by atoms with Crippen LogP contribution in [0.1, 0.15) is 60.4 Å². The van der Waals surface area contributed by atoms with Crippen LogP contribution in [0.25, 0.3) is 0 Å². The zero-order valence-electron chi connectivity index (χ0n) is 17.8. The van der Waals surface area contributed by atoms with Crippen LogP contribution >= 0.6 is 0 Å². The molecular weight excluding hydrogens is 374 g/mol. The molecule has 0 spiro atoms. The van der Waals surface area contributed by atoms with E-state index < -0.39 is 0 Å². The van der Waals surface area contributed by atoms with Crippen LogP contribution in [-0.4, -0.2) is 40.5 Å².